The fraction of sp³-hybridized carbons (Fsp3) is 0.400. The van der Waals surface area contributed by atoms with Crippen LogP contribution in [0.1, 0.15) is 62.0 Å². The zero-order valence-corrected chi connectivity index (χ0v) is 15.9. The van der Waals surface area contributed by atoms with Gasteiger partial charge in [0.1, 0.15) is 0 Å². The second-order valence-electron chi connectivity index (χ2n) is 7.57. The lowest BCUT2D eigenvalue weighted by Gasteiger charge is -2.28. The highest BCUT2D eigenvalue weighted by molar-refractivity contribution is 5.64. The monoisotopic (exact) mass is 361 g/mol. The molecule has 1 fully saturated rings. The average Bonchev–Trinajstić information content (AvgIpc) is 2.74. The fourth-order valence-corrected chi connectivity index (χ4v) is 4.02. The van der Waals surface area contributed by atoms with Gasteiger partial charge in [0.15, 0.2) is 0 Å². The van der Waals surface area contributed by atoms with E-state index >= 15 is 0 Å². The van der Waals surface area contributed by atoms with Crippen molar-refractivity contribution in [3.8, 4) is 17.2 Å². The van der Waals surface area contributed by atoms with Gasteiger partial charge in [0, 0.05) is 0 Å². The van der Waals surface area contributed by atoms with E-state index in [0.717, 1.165) is 24.3 Å². The third kappa shape index (κ3) is 5.54. The van der Waals surface area contributed by atoms with E-state index in [0.29, 0.717) is 17.9 Å². The molecule has 2 heteroatoms. The molecule has 0 heterocycles. The topological polar surface area (TPSA) is 23.8 Å². The lowest BCUT2D eigenvalue weighted by atomic mass is 9.77. The molecule has 0 aromatic heterocycles. The number of allylic oxidation sites excluding steroid dienone is 2. The Kier molecular flexibility index (Phi) is 7.22. The van der Waals surface area contributed by atoms with Crippen molar-refractivity contribution in [1.29, 1.82) is 5.26 Å². The summed E-state index contributed by atoms with van der Waals surface area (Å²) in [5.74, 6) is 1.47. The lowest BCUT2D eigenvalue weighted by molar-refractivity contribution is 0.328. The summed E-state index contributed by atoms with van der Waals surface area (Å²) >= 11 is 0. The molecule has 0 spiro atoms. The third-order valence-electron chi connectivity index (χ3n) is 5.72. The average molecular weight is 362 g/mol. The summed E-state index contributed by atoms with van der Waals surface area (Å²) in [4.78, 5) is 0. The van der Waals surface area contributed by atoms with Gasteiger partial charge in [-0.15, -0.1) is 0 Å². The van der Waals surface area contributed by atoms with Crippen molar-refractivity contribution < 1.29 is 4.39 Å². The summed E-state index contributed by atoms with van der Waals surface area (Å²) in [7, 11) is 0. The number of benzene rings is 2. The van der Waals surface area contributed by atoms with Gasteiger partial charge in [-0.25, -0.2) is 0 Å². The largest absolute Gasteiger partial charge is 0.251 e. The van der Waals surface area contributed by atoms with E-state index in [1.807, 2.05) is 24.3 Å². The van der Waals surface area contributed by atoms with Gasteiger partial charge < -0.3 is 0 Å². The molecular formula is C25H28FN. The quantitative estimate of drug-likeness (QED) is 0.378. The van der Waals surface area contributed by atoms with Crippen LogP contribution >= 0.6 is 0 Å². The molecule has 3 rings (SSSR count). The molecule has 0 aliphatic heterocycles. The summed E-state index contributed by atoms with van der Waals surface area (Å²) in [6.07, 6.45) is 12.2. The van der Waals surface area contributed by atoms with E-state index in [9.17, 15) is 4.39 Å². The second kappa shape index (κ2) is 10.1. The molecule has 1 aliphatic carbocycles. The van der Waals surface area contributed by atoms with Crippen molar-refractivity contribution >= 4 is 0 Å². The van der Waals surface area contributed by atoms with Gasteiger partial charge in [-0.05, 0) is 85.6 Å². The SMILES string of the molecule is N#Cc1ccc(-c2ccc([C@H]3CC[C@H](CC=CCCCF)CC3)cc2)cc1. The predicted molar refractivity (Wildman–Crippen MR) is 110 cm³/mol. The zero-order chi connectivity index (χ0) is 18.9. The number of alkyl halides is 1. The maximum atomic E-state index is 12.1. The number of nitrogens with zero attached hydrogens (tertiary/aromatic N) is 1. The van der Waals surface area contributed by atoms with Crippen LogP contribution in [0.3, 0.4) is 0 Å². The molecule has 1 saturated carbocycles. The number of hydrogen-bond acceptors (Lipinski definition) is 1. The molecule has 2 aromatic carbocycles. The normalized spacial score (nSPS) is 19.9. The Balaban J connectivity index is 1.51. The highest BCUT2D eigenvalue weighted by Crippen LogP contribution is 2.37. The Bertz CT molecular complexity index is 759. The zero-order valence-electron chi connectivity index (χ0n) is 15.9. The number of unbranched alkanes of at least 4 members (excludes halogenated alkanes) is 1. The van der Waals surface area contributed by atoms with E-state index < -0.39 is 0 Å². The number of hydrogen-bond donors (Lipinski definition) is 0. The molecule has 0 atom stereocenters. The minimum atomic E-state index is -0.209. The molecule has 0 unspecified atom stereocenters. The Morgan fingerprint density at radius 1 is 0.889 bits per heavy atom. The molecule has 140 valence electrons. The minimum absolute atomic E-state index is 0.209. The highest BCUT2D eigenvalue weighted by Gasteiger charge is 2.21. The first-order chi connectivity index (χ1) is 13.3. The van der Waals surface area contributed by atoms with Crippen LogP contribution in [-0.4, -0.2) is 6.67 Å². The van der Waals surface area contributed by atoms with Crippen LogP contribution in [0.2, 0.25) is 0 Å². The molecule has 0 saturated heterocycles. The van der Waals surface area contributed by atoms with Crippen LogP contribution in [0, 0.1) is 17.2 Å². The molecule has 0 bridgehead atoms. The standard InChI is InChI=1S/C25H28FN/c26-18-4-2-1-3-5-20-6-10-22(11-7-20)24-14-16-25(17-15-24)23-12-8-21(19-27)9-13-23/h1,3,8-9,12-17,20,22H,2,4-7,10-11,18H2/t20-,22-. The van der Waals surface area contributed by atoms with Crippen molar-refractivity contribution in [2.75, 3.05) is 6.67 Å². The van der Waals surface area contributed by atoms with Crippen LogP contribution in [0.15, 0.2) is 60.7 Å². The Morgan fingerprint density at radius 2 is 1.52 bits per heavy atom. The fourth-order valence-electron chi connectivity index (χ4n) is 4.02. The maximum Gasteiger partial charge on any atom is 0.0991 e. The van der Waals surface area contributed by atoms with Gasteiger partial charge >= 0.3 is 0 Å². The summed E-state index contributed by atoms with van der Waals surface area (Å²) in [6, 6.07) is 18.9. The van der Waals surface area contributed by atoms with Crippen molar-refractivity contribution in [2.24, 2.45) is 5.92 Å². The van der Waals surface area contributed by atoms with E-state index in [-0.39, 0.29) is 6.67 Å². The van der Waals surface area contributed by atoms with Gasteiger partial charge in [0.2, 0.25) is 0 Å². The Hall–Kier alpha value is -2.40. The number of halogens is 1. The highest BCUT2D eigenvalue weighted by atomic mass is 19.1. The van der Waals surface area contributed by atoms with Crippen LogP contribution in [0.5, 0.6) is 0 Å². The Labute approximate surface area is 162 Å². The van der Waals surface area contributed by atoms with Crippen LogP contribution in [0.25, 0.3) is 11.1 Å². The summed E-state index contributed by atoms with van der Waals surface area (Å²) in [6.45, 7) is -0.209. The maximum absolute atomic E-state index is 12.1. The summed E-state index contributed by atoms with van der Waals surface area (Å²) in [5, 5.41) is 8.91. The van der Waals surface area contributed by atoms with E-state index in [2.05, 4.69) is 42.5 Å². The molecule has 0 N–H and O–H groups in total. The van der Waals surface area contributed by atoms with Gasteiger partial charge in [-0.3, -0.25) is 4.39 Å². The van der Waals surface area contributed by atoms with E-state index in [4.69, 9.17) is 5.26 Å². The minimum Gasteiger partial charge on any atom is -0.251 e. The number of rotatable bonds is 7. The molecule has 2 aromatic rings. The van der Waals surface area contributed by atoms with Gasteiger partial charge in [-0.1, -0.05) is 48.6 Å². The van der Waals surface area contributed by atoms with Crippen molar-refractivity contribution in [1.82, 2.24) is 0 Å². The van der Waals surface area contributed by atoms with E-state index in [1.165, 1.54) is 36.8 Å². The van der Waals surface area contributed by atoms with Gasteiger partial charge in [0.05, 0.1) is 18.3 Å². The van der Waals surface area contributed by atoms with Gasteiger partial charge in [-0.2, -0.15) is 5.26 Å². The molecule has 27 heavy (non-hydrogen) atoms. The lowest BCUT2D eigenvalue weighted by Crippen LogP contribution is -2.12. The van der Waals surface area contributed by atoms with Crippen LogP contribution in [0.4, 0.5) is 4.39 Å². The smallest absolute Gasteiger partial charge is 0.0991 e. The third-order valence-corrected chi connectivity index (χ3v) is 5.72. The van der Waals surface area contributed by atoms with Crippen LogP contribution < -0.4 is 0 Å². The second-order valence-corrected chi connectivity index (χ2v) is 7.57. The number of nitriles is 1. The first kappa shape index (κ1) is 19.4. The summed E-state index contributed by atoms with van der Waals surface area (Å²) < 4.78 is 12.1. The summed E-state index contributed by atoms with van der Waals surface area (Å²) in [5.41, 5.74) is 4.51. The molecule has 0 radical (unpaired) electrons. The predicted octanol–water partition coefficient (Wildman–Crippen LogP) is 7.20. The molecular weight excluding hydrogens is 333 g/mol. The van der Waals surface area contributed by atoms with Crippen molar-refractivity contribution in [2.45, 2.75) is 50.9 Å². The first-order valence-corrected chi connectivity index (χ1v) is 10.1. The van der Waals surface area contributed by atoms with Gasteiger partial charge in [0.25, 0.3) is 0 Å². The molecule has 1 aliphatic rings. The van der Waals surface area contributed by atoms with Crippen LogP contribution in [-0.2, 0) is 0 Å². The Morgan fingerprint density at radius 3 is 2.11 bits per heavy atom. The first-order valence-electron chi connectivity index (χ1n) is 10.1. The van der Waals surface area contributed by atoms with Crippen molar-refractivity contribution in [3.05, 3.63) is 71.8 Å². The van der Waals surface area contributed by atoms with E-state index in [1.54, 1.807) is 0 Å². The van der Waals surface area contributed by atoms with Crippen molar-refractivity contribution in [3.63, 3.8) is 0 Å². The molecule has 1 nitrogen and oxygen atoms in total. The molecule has 0 amide bonds.